The lowest BCUT2D eigenvalue weighted by atomic mass is 10.1. The van der Waals surface area contributed by atoms with Crippen LogP contribution in [0, 0.1) is 6.92 Å². The zero-order valence-electron chi connectivity index (χ0n) is 21.5. The molecule has 1 amide bonds. The van der Waals surface area contributed by atoms with Gasteiger partial charge in [0.15, 0.2) is 5.82 Å². The third-order valence-corrected chi connectivity index (χ3v) is 5.26. The van der Waals surface area contributed by atoms with Crippen LogP contribution in [0.25, 0.3) is 28.4 Å². The Morgan fingerprint density at radius 3 is 2.68 bits per heavy atom. The van der Waals surface area contributed by atoms with Crippen LogP contribution in [0.15, 0.2) is 60.9 Å². The van der Waals surface area contributed by atoms with E-state index in [-0.39, 0.29) is 0 Å². The Bertz CT molecular complexity index is 1470. The van der Waals surface area contributed by atoms with Gasteiger partial charge in [-0.2, -0.15) is 5.10 Å². The van der Waals surface area contributed by atoms with Crippen LogP contribution in [0.1, 0.15) is 38.8 Å². The van der Waals surface area contributed by atoms with Crippen LogP contribution in [-0.4, -0.2) is 44.4 Å². The van der Waals surface area contributed by atoms with E-state index in [1.165, 1.54) is 11.0 Å². The zero-order chi connectivity index (χ0) is 26.6. The summed E-state index contributed by atoms with van der Waals surface area (Å²) in [5.74, 6) is 0.406. The Kier molecular flexibility index (Phi) is 7.33. The molecule has 2 heterocycles. The third-order valence-electron chi connectivity index (χ3n) is 5.26. The number of hydrogen-bond donors (Lipinski definition) is 1. The quantitative estimate of drug-likeness (QED) is 0.257. The number of aromatic nitrogens is 4. The van der Waals surface area contributed by atoms with Crippen molar-refractivity contribution in [2.45, 2.75) is 40.2 Å². The molecule has 9 nitrogen and oxygen atoms in total. The first kappa shape index (κ1) is 25.6. The van der Waals surface area contributed by atoms with Crippen LogP contribution in [0.2, 0.25) is 0 Å². The Hall–Kier alpha value is -4.53. The Labute approximate surface area is 215 Å². The average Bonchev–Trinajstić information content (AvgIpc) is 3.31. The first-order chi connectivity index (χ1) is 17.6. The van der Waals surface area contributed by atoms with E-state index in [2.05, 4.69) is 15.2 Å². The van der Waals surface area contributed by atoms with E-state index < -0.39 is 17.7 Å². The Balaban J connectivity index is 1.77. The van der Waals surface area contributed by atoms with Crippen LogP contribution < -0.4 is 4.90 Å². The number of nitrogens with zero attached hydrogens (tertiary/aromatic N) is 4. The number of aromatic amines is 1. The predicted molar refractivity (Wildman–Crippen MR) is 142 cm³/mol. The van der Waals surface area contributed by atoms with Gasteiger partial charge in [-0.15, -0.1) is 0 Å². The molecule has 0 saturated carbocycles. The summed E-state index contributed by atoms with van der Waals surface area (Å²) in [5.41, 5.74) is 2.92. The monoisotopic (exact) mass is 499 g/mol. The largest absolute Gasteiger partial charge is 0.463 e. The van der Waals surface area contributed by atoms with Crippen molar-refractivity contribution in [1.82, 2.24) is 20.2 Å². The summed E-state index contributed by atoms with van der Waals surface area (Å²) >= 11 is 0. The Morgan fingerprint density at radius 1 is 1.11 bits per heavy atom. The highest BCUT2D eigenvalue weighted by atomic mass is 16.6. The molecule has 0 radical (unpaired) electrons. The second-order valence-corrected chi connectivity index (χ2v) is 9.37. The Morgan fingerprint density at radius 2 is 1.92 bits per heavy atom. The van der Waals surface area contributed by atoms with E-state index in [9.17, 15) is 9.59 Å². The van der Waals surface area contributed by atoms with Gasteiger partial charge in [-0.05, 0) is 70.5 Å². The van der Waals surface area contributed by atoms with Crippen molar-refractivity contribution in [3.05, 3.63) is 72.1 Å². The number of fused-ring (bicyclic) bond motifs is 1. The number of rotatable bonds is 6. The molecule has 0 unspecified atom stereocenters. The number of hydrogen-bond acceptors (Lipinski definition) is 7. The van der Waals surface area contributed by atoms with Crippen LogP contribution in [0.3, 0.4) is 0 Å². The fourth-order valence-corrected chi connectivity index (χ4v) is 3.63. The molecule has 0 bridgehead atoms. The highest BCUT2D eigenvalue weighted by Gasteiger charge is 2.28. The minimum absolute atomic E-state index is 0.310. The summed E-state index contributed by atoms with van der Waals surface area (Å²) in [7, 11) is 0. The second-order valence-electron chi connectivity index (χ2n) is 9.37. The molecule has 0 aliphatic heterocycles. The van der Waals surface area contributed by atoms with Gasteiger partial charge in [-0.25, -0.2) is 24.5 Å². The highest BCUT2D eigenvalue weighted by molar-refractivity contribution is 5.98. The van der Waals surface area contributed by atoms with E-state index in [0.717, 1.165) is 22.0 Å². The molecule has 0 saturated heterocycles. The average molecular weight is 500 g/mol. The predicted octanol–water partition coefficient (Wildman–Crippen LogP) is 5.98. The topological polar surface area (TPSA) is 110 Å². The highest BCUT2D eigenvalue weighted by Crippen LogP contribution is 2.32. The third kappa shape index (κ3) is 6.19. The van der Waals surface area contributed by atoms with E-state index in [1.807, 2.05) is 70.2 Å². The maximum Gasteiger partial charge on any atom is 0.420 e. The summed E-state index contributed by atoms with van der Waals surface area (Å²) in [6, 6.07) is 13.0. The van der Waals surface area contributed by atoms with Crippen molar-refractivity contribution in [3.63, 3.8) is 0 Å². The molecule has 9 heteroatoms. The van der Waals surface area contributed by atoms with Crippen LogP contribution in [-0.2, 0) is 14.3 Å². The molecular weight excluding hydrogens is 470 g/mol. The first-order valence-corrected chi connectivity index (χ1v) is 11.9. The summed E-state index contributed by atoms with van der Waals surface area (Å²) in [5, 5.41) is 7.84. The molecule has 1 N–H and O–H groups in total. The number of benzene rings is 2. The molecule has 0 aliphatic rings. The maximum absolute atomic E-state index is 13.5. The van der Waals surface area contributed by atoms with Crippen molar-refractivity contribution < 1.29 is 19.1 Å². The van der Waals surface area contributed by atoms with Crippen LogP contribution >= 0.6 is 0 Å². The SMILES string of the molecule is CCOC(=O)/C=C/c1cccc(-c2ncc(C)c(N(C(=O)OC(C)(C)C)c3ccc4[nH]ncc4c3)n2)c1. The van der Waals surface area contributed by atoms with Crippen molar-refractivity contribution in [3.8, 4) is 11.4 Å². The van der Waals surface area contributed by atoms with Gasteiger partial charge in [0.1, 0.15) is 11.4 Å². The molecule has 0 atom stereocenters. The smallest absolute Gasteiger partial charge is 0.420 e. The number of carbonyl (C=O) groups excluding carboxylic acids is 2. The molecular formula is C28H29N5O4. The molecule has 4 aromatic rings. The van der Waals surface area contributed by atoms with Gasteiger partial charge in [0.2, 0.25) is 0 Å². The number of ether oxygens (including phenoxy) is 2. The number of nitrogens with one attached hydrogen (secondary N) is 1. The van der Waals surface area contributed by atoms with E-state index in [4.69, 9.17) is 14.5 Å². The molecule has 0 fully saturated rings. The standard InChI is InChI=1S/C28H29N5O4/c1-6-36-24(34)13-10-19-8-7-9-20(14-19)25-29-16-18(2)26(31-25)33(27(35)37-28(3,4)5)22-11-12-23-21(15-22)17-30-32-23/h7-17H,6H2,1-5H3,(H,30,32)/b13-10+. The fraction of sp³-hybridized carbons (Fsp3) is 0.250. The molecule has 0 aliphatic carbocycles. The van der Waals surface area contributed by atoms with Gasteiger partial charge in [-0.1, -0.05) is 18.2 Å². The molecule has 37 heavy (non-hydrogen) atoms. The molecule has 2 aromatic heterocycles. The summed E-state index contributed by atoms with van der Waals surface area (Å²) < 4.78 is 10.7. The van der Waals surface area contributed by atoms with Crippen molar-refractivity contribution in [1.29, 1.82) is 0 Å². The second kappa shape index (κ2) is 10.6. The van der Waals surface area contributed by atoms with Crippen LogP contribution in [0.5, 0.6) is 0 Å². The van der Waals surface area contributed by atoms with Crippen molar-refractivity contribution in [2.75, 3.05) is 11.5 Å². The van der Waals surface area contributed by atoms with Gasteiger partial charge in [0.05, 0.1) is 24.0 Å². The lowest BCUT2D eigenvalue weighted by molar-refractivity contribution is -0.137. The van der Waals surface area contributed by atoms with E-state index in [1.54, 1.807) is 25.4 Å². The number of H-pyrrole nitrogens is 1. The number of carbonyl (C=O) groups is 2. The van der Waals surface area contributed by atoms with E-state index >= 15 is 0 Å². The van der Waals surface area contributed by atoms with E-state index in [0.29, 0.717) is 29.5 Å². The molecule has 190 valence electrons. The number of esters is 1. The molecule has 2 aromatic carbocycles. The summed E-state index contributed by atoms with van der Waals surface area (Å²) in [6.45, 7) is 9.35. The lowest BCUT2D eigenvalue weighted by Gasteiger charge is -2.28. The number of amides is 1. The minimum Gasteiger partial charge on any atom is -0.463 e. The molecule has 0 spiro atoms. The van der Waals surface area contributed by atoms with Crippen LogP contribution in [0.4, 0.5) is 16.3 Å². The zero-order valence-corrected chi connectivity index (χ0v) is 21.5. The van der Waals surface area contributed by atoms with Gasteiger partial charge >= 0.3 is 12.1 Å². The van der Waals surface area contributed by atoms with Gasteiger partial charge in [-0.3, -0.25) is 5.10 Å². The number of anilines is 2. The normalized spacial score (nSPS) is 11.6. The fourth-order valence-electron chi connectivity index (χ4n) is 3.63. The van der Waals surface area contributed by atoms with Gasteiger partial charge < -0.3 is 9.47 Å². The maximum atomic E-state index is 13.5. The minimum atomic E-state index is -0.710. The first-order valence-electron chi connectivity index (χ1n) is 11.9. The number of aryl methyl sites for hydroxylation is 1. The van der Waals surface area contributed by atoms with Gasteiger partial charge in [0.25, 0.3) is 0 Å². The summed E-state index contributed by atoms with van der Waals surface area (Å²) in [4.78, 5) is 35.9. The molecule has 4 rings (SSSR count). The lowest BCUT2D eigenvalue weighted by Crippen LogP contribution is -2.34. The van der Waals surface area contributed by atoms with Crippen molar-refractivity contribution in [2.24, 2.45) is 0 Å². The van der Waals surface area contributed by atoms with Gasteiger partial charge in [0, 0.05) is 28.8 Å². The van der Waals surface area contributed by atoms with Crippen molar-refractivity contribution >= 4 is 40.5 Å². The summed E-state index contributed by atoms with van der Waals surface area (Å²) in [6.07, 6.45) is 5.85.